The predicted molar refractivity (Wildman–Crippen MR) is 124 cm³/mol. The Morgan fingerprint density at radius 3 is 2.68 bits per heavy atom. The van der Waals surface area contributed by atoms with Crippen LogP contribution in [-0.4, -0.2) is 31.5 Å². The Hall–Kier alpha value is -3.66. The highest BCUT2D eigenvalue weighted by atomic mass is 35.5. The average molecular weight is 489 g/mol. The lowest BCUT2D eigenvalue weighted by atomic mass is 10.2. The third-order valence-corrected chi connectivity index (χ3v) is 5.71. The van der Waals surface area contributed by atoms with Gasteiger partial charge in [0.05, 0.1) is 39.8 Å². The van der Waals surface area contributed by atoms with Gasteiger partial charge in [-0.3, -0.25) is 4.79 Å². The minimum Gasteiger partial charge on any atom is -0.329 e. The Balaban J connectivity index is 1.54. The van der Waals surface area contributed by atoms with Gasteiger partial charge in [-0.1, -0.05) is 17.7 Å². The van der Waals surface area contributed by atoms with Crippen molar-refractivity contribution < 1.29 is 18.0 Å². The lowest BCUT2D eigenvalue weighted by Gasteiger charge is -2.09. The number of imidazole rings is 1. The van der Waals surface area contributed by atoms with Crippen molar-refractivity contribution in [1.82, 2.24) is 24.8 Å². The number of fused-ring (bicyclic) bond motifs is 1. The first kappa shape index (κ1) is 23.5. The molecular weight excluding hydrogens is 469 g/mol. The van der Waals surface area contributed by atoms with Crippen molar-refractivity contribution in [1.29, 1.82) is 0 Å². The summed E-state index contributed by atoms with van der Waals surface area (Å²) in [7, 11) is 0. The Kier molecular flexibility index (Phi) is 6.18. The molecule has 176 valence electrons. The summed E-state index contributed by atoms with van der Waals surface area (Å²) in [5.74, 6) is 0.414. The molecule has 0 fully saturated rings. The van der Waals surface area contributed by atoms with Gasteiger partial charge in [-0.2, -0.15) is 23.4 Å². The molecule has 0 aliphatic rings. The number of hydrogen-bond acceptors (Lipinski definition) is 4. The molecule has 0 saturated carbocycles. The van der Waals surface area contributed by atoms with Crippen LogP contribution in [0.2, 0.25) is 5.15 Å². The van der Waals surface area contributed by atoms with Gasteiger partial charge in [0.15, 0.2) is 0 Å². The Morgan fingerprint density at radius 1 is 1.21 bits per heavy atom. The molecule has 1 N–H and O–H groups in total. The zero-order chi connectivity index (χ0) is 24.6. The molecule has 0 aliphatic heterocycles. The topological polar surface area (TPSA) is 77.1 Å². The lowest BCUT2D eigenvalue weighted by molar-refractivity contribution is -0.137. The molecule has 2 aromatic heterocycles. The third-order valence-electron chi connectivity index (χ3n) is 5.34. The van der Waals surface area contributed by atoms with Crippen molar-refractivity contribution >= 4 is 34.8 Å². The molecule has 4 aromatic rings. The summed E-state index contributed by atoms with van der Waals surface area (Å²) in [5, 5.41) is 8.24. The van der Waals surface area contributed by atoms with E-state index in [1.54, 1.807) is 19.1 Å². The normalized spacial score (nSPS) is 12.1. The number of nitrogens with zero attached hydrogens (tertiary/aromatic N) is 5. The number of aryl methyl sites for hydroxylation is 3. The maximum Gasteiger partial charge on any atom is 0.416 e. The number of hydrazone groups is 1. The maximum atomic E-state index is 13.0. The first-order chi connectivity index (χ1) is 16.1. The maximum absolute atomic E-state index is 13.0. The van der Waals surface area contributed by atoms with Crippen LogP contribution in [0.5, 0.6) is 0 Å². The second kappa shape index (κ2) is 8.94. The number of amides is 1. The summed E-state index contributed by atoms with van der Waals surface area (Å²) in [6.07, 6.45) is -3.18. The molecule has 1 amide bonds. The molecule has 2 aromatic carbocycles. The van der Waals surface area contributed by atoms with Gasteiger partial charge < -0.3 is 4.57 Å². The molecule has 7 nitrogen and oxygen atoms in total. The molecule has 0 aliphatic carbocycles. The van der Waals surface area contributed by atoms with E-state index < -0.39 is 17.6 Å². The minimum absolute atomic E-state index is 0.0665. The van der Waals surface area contributed by atoms with Crippen LogP contribution < -0.4 is 5.43 Å². The first-order valence-electron chi connectivity index (χ1n) is 10.3. The van der Waals surface area contributed by atoms with Gasteiger partial charge in [0, 0.05) is 12.1 Å². The fraction of sp³-hybridized carbons (Fsp3) is 0.217. The highest BCUT2D eigenvalue weighted by molar-refractivity contribution is 6.32. The van der Waals surface area contributed by atoms with Crippen LogP contribution in [0.4, 0.5) is 13.2 Å². The van der Waals surface area contributed by atoms with Crippen LogP contribution in [0.1, 0.15) is 39.9 Å². The number of benzene rings is 2. The highest BCUT2D eigenvalue weighted by Crippen LogP contribution is 2.31. The number of carbonyl (C=O) groups is 1. The van der Waals surface area contributed by atoms with E-state index in [1.807, 2.05) is 24.5 Å². The Labute approximate surface area is 197 Å². The number of aromatic nitrogens is 4. The lowest BCUT2D eigenvalue weighted by Crippen LogP contribution is -2.17. The molecule has 11 heteroatoms. The van der Waals surface area contributed by atoms with E-state index in [0.29, 0.717) is 22.3 Å². The highest BCUT2D eigenvalue weighted by Gasteiger charge is 2.30. The Morgan fingerprint density at radius 2 is 1.97 bits per heavy atom. The number of nitrogens with one attached hydrogen (secondary N) is 1. The van der Waals surface area contributed by atoms with Gasteiger partial charge >= 0.3 is 6.18 Å². The van der Waals surface area contributed by atoms with Crippen LogP contribution in [-0.2, 0) is 12.7 Å². The molecular formula is C23H20ClF3N6O. The monoisotopic (exact) mass is 488 g/mol. The van der Waals surface area contributed by atoms with E-state index in [2.05, 4.69) is 20.6 Å². The number of alkyl halides is 3. The van der Waals surface area contributed by atoms with Gasteiger partial charge in [-0.05, 0) is 57.2 Å². The van der Waals surface area contributed by atoms with Crippen molar-refractivity contribution in [3.8, 4) is 5.69 Å². The largest absolute Gasteiger partial charge is 0.416 e. The average Bonchev–Trinajstić information content (AvgIpc) is 3.27. The SMILES string of the molecule is CCn1c(C)nc2cc(C(=O)N/N=C\c3c(C)nn(-c4cccc(C(F)(F)F)c4)c3Cl)ccc21. The summed E-state index contributed by atoms with van der Waals surface area (Å²) in [5.41, 5.74) is 4.60. The van der Waals surface area contributed by atoms with Crippen molar-refractivity contribution in [3.63, 3.8) is 0 Å². The van der Waals surface area contributed by atoms with Crippen LogP contribution in [0.3, 0.4) is 0 Å². The molecule has 0 saturated heterocycles. The van der Waals surface area contributed by atoms with Gasteiger partial charge in [0.1, 0.15) is 11.0 Å². The zero-order valence-corrected chi connectivity index (χ0v) is 19.2. The van der Waals surface area contributed by atoms with E-state index in [9.17, 15) is 18.0 Å². The molecule has 0 radical (unpaired) electrons. The molecule has 2 heterocycles. The summed E-state index contributed by atoms with van der Waals surface area (Å²) >= 11 is 6.36. The molecule has 0 unspecified atom stereocenters. The summed E-state index contributed by atoms with van der Waals surface area (Å²) < 4.78 is 42.4. The van der Waals surface area contributed by atoms with Gasteiger partial charge in [-0.25, -0.2) is 15.1 Å². The number of rotatable bonds is 5. The van der Waals surface area contributed by atoms with Crippen molar-refractivity contribution in [2.45, 2.75) is 33.5 Å². The first-order valence-corrected chi connectivity index (χ1v) is 10.7. The van der Waals surface area contributed by atoms with Gasteiger partial charge in [0.2, 0.25) is 0 Å². The quantitative estimate of drug-likeness (QED) is 0.306. The smallest absolute Gasteiger partial charge is 0.329 e. The minimum atomic E-state index is -4.49. The zero-order valence-electron chi connectivity index (χ0n) is 18.5. The number of halogens is 4. The van der Waals surface area contributed by atoms with E-state index >= 15 is 0 Å². The fourth-order valence-electron chi connectivity index (χ4n) is 3.65. The van der Waals surface area contributed by atoms with E-state index in [0.717, 1.165) is 30.0 Å². The molecule has 0 bridgehead atoms. The van der Waals surface area contributed by atoms with Crippen LogP contribution in [0, 0.1) is 13.8 Å². The fourth-order valence-corrected chi connectivity index (χ4v) is 3.97. The van der Waals surface area contributed by atoms with Crippen molar-refractivity contribution in [3.05, 3.63) is 75.8 Å². The summed E-state index contributed by atoms with van der Waals surface area (Å²) in [6.45, 7) is 6.33. The third kappa shape index (κ3) is 4.41. The number of carbonyl (C=O) groups excluding carboxylic acids is 1. The predicted octanol–water partition coefficient (Wildman–Crippen LogP) is 5.29. The van der Waals surface area contributed by atoms with Crippen molar-refractivity contribution in [2.75, 3.05) is 0 Å². The van der Waals surface area contributed by atoms with E-state index in [-0.39, 0.29) is 10.8 Å². The molecule has 0 atom stereocenters. The van der Waals surface area contributed by atoms with E-state index in [4.69, 9.17) is 11.6 Å². The molecule has 0 spiro atoms. The summed E-state index contributed by atoms with van der Waals surface area (Å²) in [4.78, 5) is 17.0. The van der Waals surface area contributed by atoms with Crippen LogP contribution in [0.25, 0.3) is 16.7 Å². The van der Waals surface area contributed by atoms with Gasteiger partial charge in [-0.15, -0.1) is 0 Å². The molecule has 34 heavy (non-hydrogen) atoms. The number of hydrogen-bond donors (Lipinski definition) is 1. The van der Waals surface area contributed by atoms with Crippen LogP contribution in [0.15, 0.2) is 47.6 Å². The molecule has 4 rings (SSSR count). The van der Waals surface area contributed by atoms with Crippen LogP contribution >= 0.6 is 11.6 Å². The Bertz CT molecular complexity index is 1420. The van der Waals surface area contributed by atoms with Gasteiger partial charge in [0.25, 0.3) is 5.91 Å². The standard InChI is InChI=1S/C23H20ClF3N6O/c1-4-32-14(3)29-19-10-15(8-9-20(19)32)22(34)30-28-12-18-13(2)31-33(21(18)24)17-7-5-6-16(11-17)23(25,26)27/h5-12H,4H2,1-3H3,(H,30,34)/b28-12-. The second-order valence-electron chi connectivity index (χ2n) is 7.56. The summed E-state index contributed by atoms with van der Waals surface area (Å²) in [6, 6.07) is 9.87. The van der Waals surface area contributed by atoms with E-state index in [1.165, 1.54) is 23.0 Å². The van der Waals surface area contributed by atoms with Crippen molar-refractivity contribution in [2.24, 2.45) is 5.10 Å². The second-order valence-corrected chi connectivity index (χ2v) is 7.91.